The van der Waals surface area contributed by atoms with E-state index in [1.54, 1.807) is 6.20 Å². The van der Waals surface area contributed by atoms with Crippen LogP contribution in [0.4, 0.5) is 0 Å². The van der Waals surface area contributed by atoms with Crippen LogP contribution in [0.25, 0.3) is 0 Å². The Balaban J connectivity index is 0. The summed E-state index contributed by atoms with van der Waals surface area (Å²) < 4.78 is 26.7. The maximum atomic E-state index is 8.91. The summed E-state index contributed by atoms with van der Waals surface area (Å²) in [6.07, 6.45) is 11.1. The van der Waals surface area contributed by atoms with Crippen LogP contribution < -0.4 is 9.06 Å². The Morgan fingerprint density at radius 2 is 1.71 bits per heavy atom. The van der Waals surface area contributed by atoms with Gasteiger partial charge in [-0.1, -0.05) is 39.5 Å². The number of nitrogens with one attached hydrogen (secondary N) is 1. The maximum absolute atomic E-state index is 8.91. The van der Waals surface area contributed by atoms with Crippen molar-refractivity contribution in [3.63, 3.8) is 0 Å². The van der Waals surface area contributed by atoms with Crippen molar-refractivity contribution >= 4 is 16.4 Å². The summed E-state index contributed by atoms with van der Waals surface area (Å²) >= 11 is -5.03. The molecule has 0 aromatic heterocycles. The van der Waals surface area contributed by atoms with Crippen LogP contribution in [0, 0.1) is 0 Å². The molecule has 0 fully saturated rings. The number of quaternary nitrogens is 1. The van der Waals surface area contributed by atoms with Gasteiger partial charge in [0.1, 0.15) is 6.20 Å². The number of nitrogens with zero attached hydrogens (tertiary/aromatic N) is 1. The van der Waals surface area contributed by atoms with Crippen molar-refractivity contribution in [3.8, 4) is 0 Å². The zero-order valence-corrected chi connectivity index (χ0v) is 12.5. The Morgan fingerprint density at radius 3 is 1.82 bits per heavy atom. The van der Waals surface area contributed by atoms with Crippen molar-refractivity contribution in [1.29, 1.82) is 0 Å². The molecule has 0 radical (unpaired) electrons. The van der Waals surface area contributed by atoms with Gasteiger partial charge < -0.3 is 0 Å². The van der Waals surface area contributed by atoms with Gasteiger partial charge in [0, 0.05) is 0 Å². The fourth-order valence-electron chi connectivity index (χ4n) is 0.864. The first kappa shape index (κ1) is 19.1. The third-order valence-electron chi connectivity index (χ3n) is 1.66. The number of unbranched alkanes of at least 4 members (excludes halogenated alkanes) is 3. The van der Waals surface area contributed by atoms with E-state index in [2.05, 4.69) is 28.9 Å². The second kappa shape index (κ2) is 12.2. The molecule has 17 heavy (non-hydrogen) atoms. The molecule has 0 saturated carbocycles. The predicted octanol–water partition coefficient (Wildman–Crippen LogP) is 0.861. The molecule has 1 heterocycles. The van der Waals surface area contributed by atoms with Crippen LogP contribution >= 0.6 is 10.0 Å². The molecule has 0 saturated heterocycles. The molecular formula is C10H21ClCrN2O3. The van der Waals surface area contributed by atoms with Gasteiger partial charge in [-0.05, 0) is 0 Å². The first-order chi connectivity index (χ1) is 7.81. The SMILES string of the molecule is CCCCCC.C[NH+]1C=CN=C1.[O]=[Cr](=[O])([O-])[Cl]. The number of hydrogen-bond acceptors (Lipinski definition) is 4. The molecule has 0 bridgehead atoms. The van der Waals surface area contributed by atoms with Crippen LogP contribution in [0.1, 0.15) is 39.5 Å². The second-order valence-electron chi connectivity index (χ2n) is 3.44. The monoisotopic (exact) mass is 304 g/mol. The van der Waals surface area contributed by atoms with Gasteiger partial charge in [-0.25, -0.2) is 4.99 Å². The third kappa shape index (κ3) is 31.3. The molecule has 0 aliphatic carbocycles. The van der Waals surface area contributed by atoms with Crippen molar-refractivity contribution in [2.75, 3.05) is 7.05 Å². The predicted molar refractivity (Wildman–Crippen MR) is 61.6 cm³/mol. The molecular weight excluding hydrogens is 284 g/mol. The van der Waals surface area contributed by atoms with E-state index in [4.69, 9.17) is 11.8 Å². The summed E-state index contributed by atoms with van der Waals surface area (Å²) in [4.78, 5) is 5.05. The molecule has 7 heteroatoms. The van der Waals surface area contributed by atoms with E-state index in [1.807, 2.05) is 19.6 Å². The average molecular weight is 305 g/mol. The fourth-order valence-corrected chi connectivity index (χ4v) is 0.864. The van der Waals surface area contributed by atoms with Gasteiger partial charge in [0.25, 0.3) is 0 Å². The van der Waals surface area contributed by atoms with Gasteiger partial charge in [-0.15, -0.1) is 0 Å². The Labute approximate surface area is 109 Å². The van der Waals surface area contributed by atoms with E-state index in [1.165, 1.54) is 30.6 Å². The molecule has 0 spiro atoms. The standard InChI is InChI=1S/C6H14.C4H6N2.ClH.Cr.3O/c1-3-5-6-4-2;1-6-3-2-5-4-6;;;;;/h3-6H2,1-2H3;2-4H,1H3;1H;;;;/q;;;+1;;;-1. The quantitative estimate of drug-likeness (QED) is 0.786. The van der Waals surface area contributed by atoms with Crippen LogP contribution in [0.5, 0.6) is 0 Å². The normalized spacial score (nSPS) is 16.9. The molecule has 5 nitrogen and oxygen atoms in total. The van der Waals surface area contributed by atoms with Crippen LogP contribution in [0.3, 0.4) is 0 Å². The molecule has 102 valence electrons. The van der Waals surface area contributed by atoms with Crippen molar-refractivity contribution in [1.82, 2.24) is 0 Å². The van der Waals surface area contributed by atoms with Crippen LogP contribution in [0.15, 0.2) is 17.4 Å². The van der Waals surface area contributed by atoms with Gasteiger partial charge in [-0.3, -0.25) is 4.90 Å². The van der Waals surface area contributed by atoms with Crippen LogP contribution in [-0.2, 0) is 20.0 Å². The van der Waals surface area contributed by atoms with Crippen LogP contribution in [0.2, 0.25) is 0 Å². The van der Waals surface area contributed by atoms with Gasteiger partial charge >= 0.3 is 34.2 Å². The van der Waals surface area contributed by atoms with E-state index in [9.17, 15) is 0 Å². The molecule has 1 atom stereocenters. The van der Waals surface area contributed by atoms with E-state index in [0.717, 1.165) is 0 Å². The van der Waals surface area contributed by atoms with Crippen LogP contribution in [-0.4, -0.2) is 13.4 Å². The number of rotatable bonds is 3. The summed E-state index contributed by atoms with van der Waals surface area (Å²) in [5.41, 5.74) is 0. The summed E-state index contributed by atoms with van der Waals surface area (Å²) in [5.74, 6) is 0. The first-order valence-electron chi connectivity index (χ1n) is 5.50. The number of hydrogen-bond donors (Lipinski definition) is 1. The van der Waals surface area contributed by atoms with Gasteiger partial charge in [-0.2, -0.15) is 0 Å². The third-order valence-corrected chi connectivity index (χ3v) is 1.66. The van der Waals surface area contributed by atoms with Crippen molar-refractivity contribution in [3.05, 3.63) is 12.4 Å². The Morgan fingerprint density at radius 1 is 1.29 bits per heavy atom. The topological polar surface area (TPSA) is 74.0 Å². The van der Waals surface area contributed by atoms with E-state index >= 15 is 0 Å². The van der Waals surface area contributed by atoms with Gasteiger partial charge in [0.2, 0.25) is 0 Å². The zero-order valence-electron chi connectivity index (χ0n) is 10.5. The Hall–Kier alpha value is -0.248. The van der Waals surface area contributed by atoms with Crippen molar-refractivity contribution in [2.24, 2.45) is 4.99 Å². The minimum atomic E-state index is -5.03. The first-order valence-corrected chi connectivity index (χ1v) is 8.81. The van der Waals surface area contributed by atoms with Gasteiger partial charge in [0.05, 0.1) is 13.2 Å². The molecule has 1 rings (SSSR count). The molecule has 0 amide bonds. The fraction of sp³-hybridized carbons (Fsp3) is 0.700. The molecule has 1 unspecified atom stereocenters. The van der Waals surface area contributed by atoms with Crippen molar-refractivity contribution < 1.29 is 29.0 Å². The molecule has 1 aliphatic heterocycles. The Bertz CT molecular complexity index is 292. The zero-order chi connectivity index (χ0) is 13.7. The average Bonchev–Trinajstić information content (AvgIpc) is 2.64. The summed E-state index contributed by atoms with van der Waals surface area (Å²) in [6, 6.07) is 0. The Kier molecular flexibility index (Phi) is 13.7. The molecule has 1 N–H and O–H groups in total. The van der Waals surface area contributed by atoms with Crippen molar-refractivity contribution in [2.45, 2.75) is 39.5 Å². The molecule has 0 aromatic rings. The summed E-state index contributed by atoms with van der Waals surface area (Å²) in [6.45, 7) is 4.46. The molecule has 0 aromatic carbocycles. The minimum absolute atomic E-state index is 1.23. The summed E-state index contributed by atoms with van der Waals surface area (Å²) in [5, 5.41) is 0. The van der Waals surface area contributed by atoms with E-state index < -0.39 is 12.4 Å². The number of halogens is 1. The second-order valence-corrected chi connectivity index (χ2v) is 6.22. The number of aliphatic imine (C=N–C) groups is 1. The molecule has 1 aliphatic rings. The van der Waals surface area contributed by atoms with E-state index in [0.29, 0.717) is 0 Å². The van der Waals surface area contributed by atoms with Gasteiger partial charge in [0.15, 0.2) is 6.34 Å². The van der Waals surface area contributed by atoms with E-state index in [-0.39, 0.29) is 0 Å². The summed E-state index contributed by atoms with van der Waals surface area (Å²) in [7, 11) is 6.04.